The van der Waals surface area contributed by atoms with E-state index >= 15 is 0 Å². The molecule has 0 aromatic heterocycles. The van der Waals surface area contributed by atoms with E-state index in [1.165, 1.54) is 0 Å². The molecule has 0 radical (unpaired) electrons. The van der Waals surface area contributed by atoms with Crippen molar-refractivity contribution in [2.75, 3.05) is 6.61 Å². The van der Waals surface area contributed by atoms with Crippen LogP contribution in [0.3, 0.4) is 0 Å². The highest BCUT2D eigenvalue weighted by atomic mass is 16.5. The van der Waals surface area contributed by atoms with Crippen LogP contribution >= 0.6 is 0 Å². The number of hydrogen-bond donors (Lipinski definition) is 2. The average Bonchev–Trinajstić information content (AvgIpc) is 1.98. The second-order valence-corrected chi connectivity index (χ2v) is 1.99. The Labute approximate surface area is 60.7 Å². The lowest BCUT2D eigenvalue weighted by Crippen LogP contribution is -2.30. The van der Waals surface area contributed by atoms with Crippen LogP contribution in [0.15, 0.2) is 0 Å². The third-order valence-corrected chi connectivity index (χ3v) is 1.10. The van der Waals surface area contributed by atoms with Crippen LogP contribution in [0.1, 0.15) is 26.2 Å². The first-order chi connectivity index (χ1) is 4.81. The number of carbonyl (C=O) groups excluding carboxylic acids is 1. The molecule has 0 fully saturated rings. The van der Waals surface area contributed by atoms with Crippen LogP contribution in [0.2, 0.25) is 0 Å². The van der Waals surface area contributed by atoms with E-state index in [4.69, 9.17) is 5.84 Å². The minimum atomic E-state index is -0.559. The molecule has 10 heavy (non-hydrogen) atoms. The molecule has 0 aliphatic carbocycles. The molecular formula is C6H14N2O2. The summed E-state index contributed by atoms with van der Waals surface area (Å²) >= 11 is 0. The first-order valence-corrected chi connectivity index (χ1v) is 3.44. The molecule has 0 atom stereocenters. The summed E-state index contributed by atoms with van der Waals surface area (Å²) in [6, 6.07) is 0. The number of hydrogen-bond acceptors (Lipinski definition) is 3. The second kappa shape index (κ2) is 6.35. The van der Waals surface area contributed by atoms with E-state index in [1.807, 2.05) is 5.43 Å². The summed E-state index contributed by atoms with van der Waals surface area (Å²) in [4.78, 5) is 10.3. The van der Waals surface area contributed by atoms with Gasteiger partial charge in [-0.05, 0) is 6.42 Å². The minimum absolute atomic E-state index is 0.455. The van der Waals surface area contributed by atoms with E-state index in [9.17, 15) is 4.79 Å². The van der Waals surface area contributed by atoms with E-state index < -0.39 is 6.09 Å². The molecule has 0 bridgehead atoms. The molecule has 0 aromatic carbocycles. The highest BCUT2D eigenvalue weighted by molar-refractivity contribution is 5.66. The largest absolute Gasteiger partial charge is 0.449 e. The molecule has 0 heterocycles. The van der Waals surface area contributed by atoms with E-state index in [1.54, 1.807) is 0 Å². The van der Waals surface area contributed by atoms with Gasteiger partial charge in [-0.15, -0.1) is 0 Å². The lowest BCUT2D eigenvalue weighted by molar-refractivity contribution is 0.144. The van der Waals surface area contributed by atoms with Crippen molar-refractivity contribution in [3.05, 3.63) is 0 Å². The van der Waals surface area contributed by atoms with Gasteiger partial charge in [0, 0.05) is 0 Å². The van der Waals surface area contributed by atoms with Crippen LogP contribution in [0, 0.1) is 0 Å². The van der Waals surface area contributed by atoms with Crippen LogP contribution in [-0.4, -0.2) is 12.7 Å². The first kappa shape index (κ1) is 9.23. The third kappa shape index (κ3) is 5.37. The van der Waals surface area contributed by atoms with E-state index in [0.717, 1.165) is 19.3 Å². The zero-order chi connectivity index (χ0) is 7.82. The summed E-state index contributed by atoms with van der Waals surface area (Å²) < 4.78 is 4.62. The number of hydrazine groups is 1. The van der Waals surface area contributed by atoms with Crippen LogP contribution in [0.4, 0.5) is 4.79 Å². The van der Waals surface area contributed by atoms with Gasteiger partial charge >= 0.3 is 6.09 Å². The Balaban J connectivity index is 2.96. The average molecular weight is 146 g/mol. The van der Waals surface area contributed by atoms with Crippen LogP contribution < -0.4 is 11.3 Å². The molecule has 3 N–H and O–H groups in total. The van der Waals surface area contributed by atoms with Crippen molar-refractivity contribution in [3.8, 4) is 0 Å². The van der Waals surface area contributed by atoms with Gasteiger partial charge in [0.15, 0.2) is 0 Å². The first-order valence-electron chi connectivity index (χ1n) is 3.44. The molecule has 0 aliphatic rings. The maximum atomic E-state index is 10.3. The van der Waals surface area contributed by atoms with Crippen molar-refractivity contribution in [1.29, 1.82) is 0 Å². The number of carbonyl (C=O) groups is 1. The number of nitrogens with one attached hydrogen (secondary N) is 1. The van der Waals surface area contributed by atoms with Gasteiger partial charge in [-0.25, -0.2) is 10.6 Å². The molecule has 1 amide bonds. The lowest BCUT2D eigenvalue weighted by Gasteiger charge is -2.01. The standard InChI is InChI=1S/C6H14N2O2/c1-2-3-4-5-10-6(9)8-7/h2-5,7H2,1H3,(H,8,9). The molecule has 0 aromatic rings. The van der Waals surface area contributed by atoms with E-state index in [0.29, 0.717) is 6.61 Å². The Morgan fingerprint density at radius 1 is 1.60 bits per heavy atom. The van der Waals surface area contributed by atoms with Crippen molar-refractivity contribution in [2.45, 2.75) is 26.2 Å². The van der Waals surface area contributed by atoms with Gasteiger partial charge in [-0.3, -0.25) is 5.43 Å². The SMILES string of the molecule is CCCCCOC(=O)NN. The van der Waals surface area contributed by atoms with E-state index in [-0.39, 0.29) is 0 Å². The normalized spacial score (nSPS) is 9.00. The molecular weight excluding hydrogens is 132 g/mol. The molecule has 0 aliphatic heterocycles. The lowest BCUT2D eigenvalue weighted by atomic mass is 10.3. The summed E-state index contributed by atoms with van der Waals surface area (Å²) in [6.45, 7) is 2.54. The molecule has 0 spiro atoms. The molecule has 60 valence electrons. The topological polar surface area (TPSA) is 64.3 Å². The zero-order valence-corrected chi connectivity index (χ0v) is 6.22. The highest BCUT2D eigenvalue weighted by Gasteiger charge is 1.94. The molecule has 0 saturated carbocycles. The number of amides is 1. The van der Waals surface area contributed by atoms with Gasteiger partial charge in [0.25, 0.3) is 0 Å². The van der Waals surface area contributed by atoms with Crippen molar-refractivity contribution < 1.29 is 9.53 Å². The third-order valence-electron chi connectivity index (χ3n) is 1.10. The number of unbranched alkanes of at least 4 members (excludes halogenated alkanes) is 2. The number of nitrogens with two attached hydrogens (primary N) is 1. The molecule has 4 nitrogen and oxygen atoms in total. The maximum absolute atomic E-state index is 10.3. The monoisotopic (exact) mass is 146 g/mol. The Bertz CT molecular complexity index is 95.7. The second-order valence-electron chi connectivity index (χ2n) is 1.99. The Morgan fingerprint density at radius 2 is 2.30 bits per heavy atom. The fourth-order valence-electron chi connectivity index (χ4n) is 0.559. The highest BCUT2D eigenvalue weighted by Crippen LogP contribution is 1.93. The summed E-state index contributed by atoms with van der Waals surface area (Å²) in [6.07, 6.45) is 2.55. The minimum Gasteiger partial charge on any atom is -0.449 e. The maximum Gasteiger partial charge on any atom is 0.421 e. The number of rotatable bonds is 4. The van der Waals surface area contributed by atoms with Crippen molar-refractivity contribution in [3.63, 3.8) is 0 Å². The van der Waals surface area contributed by atoms with Crippen molar-refractivity contribution >= 4 is 6.09 Å². The van der Waals surface area contributed by atoms with Gasteiger partial charge in [0.2, 0.25) is 0 Å². The van der Waals surface area contributed by atoms with Crippen molar-refractivity contribution in [1.82, 2.24) is 5.43 Å². The summed E-state index contributed by atoms with van der Waals surface area (Å²) in [5, 5.41) is 0. The van der Waals surface area contributed by atoms with E-state index in [2.05, 4.69) is 11.7 Å². The summed E-state index contributed by atoms with van der Waals surface area (Å²) in [7, 11) is 0. The van der Waals surface area contributed by atoms with Gasteiger partial charge in [-0.1, -0.05) is 19.8 Å². The zero-order valence-electron chi connectivity index (χ0n) is 6.22. The molecule has 0 rings (SSSR count). The molecule has 0 saturated heterocycles. The van der Waals surface area contributed by atoms with Gasteiger partial charge in [0.1, 0.15) is 0 Å². The fraction of sp³-hybridized carbons (Fsp3) is 0.833. The number of ether oxygens (including phenoxy) is 1. The predicted molar refractivity (Wildman–Crippen MR) is 38.2 cm³/mol. The Hall–Kier alpha value is -0.770. The van der Waals surface area contributed by atoms with Crippen molar-refractivity contribution in [2.24, 2.45) is 5.84 Å². The molecule has 4 heteroatoms. The van der Waals surface area contributed by atoms with Crippen LogP contribution in [0.25, 0.3) is 0 Å². The summed E-state index contributed by atoms with van der Waals surface area (Å²) in [5.74, 6) is 4.76. The Kier molecular flexibility index (Phi) is 5.86. The summed E-state index contributed by atoms with van der Waals surface area (Å²) in [5.41, 5.74) is 1.88. The van der Waals surface area contributed by atoms with Gasteiger partial charge in [0.05, 0.1) is 6.61 Å². The predicted octanol–water partition coefficient (Wildman–Crippen LogP) is 0.777. The quantitative estimate of drug-likeness (QED) is 0.266. The van der Waals surface area contributed by atoms with Gasteiger partial charge < -0.3 is 4.74 Å². The molecule has 0 unspecified atom stereocenters. The van der Waals surface area contributed by atoms with Crippen LogP contribution in [0.5, 0.6) is 0 Å². The smallest absolute Gasteiger partial charge is 0.421 e. The Morgan fingerprint density at radius 3 is 2.80 bits per heavy atom. The van der Waals surface area contributed by atoms with Crippen LogP contribution in [-0.2, 0) is 4.74 Å². The fourth-order valence-corrected chi connectivity index (χ4v) is 0.559. The van der Waals surface area contributed by atoms with Gasteiger partial charge in [-0.2, -0.15) is 0 Å².